The van der Waals surface area contributed by atoms with Gasteiger partial charge in [-0.1, -0.05) is 18.5 Å². The van der Waals surface area contributed by atoms with Crippen LogP contribution in [-0.2, 0) is 4.79 Å². The number of hydrogen-bond acceptors (Lipinski definition) is 2. The molecule has 1 aromatic heterocycles. The first kappa shape index (κ1) is 10.3. The van der Waals surface area contributed by atoms with E-state index in [4.69, 9.17) is 16.7 Å². The van der Waals surface area contributed by atoms with Crippen molar-refractivity contribution in [2.45, 2.75) is 13.3 Å². The van der Waals surface area contributed by atoms with Crippen LogP contribution in [0.2, 0.25) is 4.34 Å². The highest BCUT2D eigenvalue weighted by atomic mass is 35.5. The quantitative estimate of drug-likeness (QED) is 0.788. The largest absolute Gasteiger partial charge is 0.478 e. The normalized spacial score (nSPS) is 11.7. The molecule has 0 unspecified atom stereocenters. The maximum Gasteiger partial charge on any atom is 0.331 e. The summed E-state index contributed by atoms with van der Waals surface area (Å²) >= 11 is 7.22. The van der Waals surface area contributed by atoms with Gasteiger partial charge in [0.2, 0.25) is 0 Å². The molecule has 0 fully saturated rings. The average molecular weight is 217 g/mol. The summed E-state index contributed by atoms with van der Waals surface area (Å²) in [5.74, 6) is -0.884. The first-order chi connectivity index (χ1) is 6.15. The Morgan fingerprint density at radius 1 is 1.77 bits per heavy atom. The van der Waals surface area contributed by atoms with Gasteiger partial charge in [-0.05, 0) is 23.9 Å². The molecule has 0 bridgehead atoms. The number of aliphatic carboxylic acids is 1. The number of hydrogen-bond donors (Lipinski definition) is 1. The molecule has 0 saturated carbocycles. The zero-order chi connectivity index (χ0) is 9.84. The van der Waals surface area contributed by atoms with Crippen molar-refractivity contribution in [2.24, 2.45) is 0 Å². The van der Waals surface area contributed by atoms with Crippen molar-refractivity contribution >= 4 is 35.0 Å². The third-order valence-corrected chi connectivity index (χ3v) is 2.83. The molecule has 1 N–H and O–H groups in total. The monoisotopic (exact) mass is 216 g/mol. The fourth-order valence-corrected chi connectivity index (χ4v) is 1.78. The minimum atomic E-state index is -0.884. The van der Waals surface area contributed by atoms with Gasteiger partial charge in [0.15, 0.2) is 0 Å². The van der Waals surface area contributed by atoms with Crippen LogP contribution in [0.25, 0.3) is 6.08 Å². The van der Waals surface area contributed by atoms with E-state index in [1.807, 2.05) is 11.4 Å². The molecule has 0 aliphatic carbocycles. The van der Waals surface area contributed by atoms with Gasteiger partial charge in [0.25, 0.3) is 0 Å². The fraction of sp³-hybridized carbons (Fsp3) is 0.222. The SMILES string of the molecule is CC/C(=C\c1ccsc1Cl)C(=O)O. The van der Waals surface area contributed by atoms with E-state index >= 15 is 0 Å². The van der Waals surface area contributed by atoms with E-state index in [1.54, 1.807) is 13.0 Å². The Bertz CT molecular complexity index is 341. The van der Waals surface area contributed by atoms with Gasteiger partial charge in [-0.25, -0.2) is 4.79 Å². The lowest BCUT2D eigenvalue weighted by Crippen LogP contribution is -1.98. The Hall–Kier alpha value is -0.800. The lowest BCUT2D eigenvalue weighted by Gasteiger charge is -1.96. The van der Waals surface area contributed by atoms with E-state index in [9.17, 15) is 4.79 Å². The topological polar surface area (TPSA) is 37.3 Å². The first-order valence-electron chi connectivity index (χ1n) is 3.82. The van der Waals surface area contributed by atoms with E-state index in [-0.39, 0.29) is 0 Å². The molecule has 70 valence electrons. The van der Waals surface area contributed by atoms with Crippen molar-refractivity contribution in [2.75, 3.05) is 0 Å². The lowest BCUT2D eigenvalue weighted by atomic mass is 10.1. The molecule has 0 radical (unpaired) electrons. The van der Waals surface area contributed by atoms with Gasteiger partial charge in [-0.15, -0.1) is 11.3 Å². The third kappa shape index (κ3) is 2.57. The number of carbonyl (C=O) groups is 1. The van der Waals surface area contributed by atoms with Gasteiger partial charge < -0.3 is 5.11 Å². The third-order valence-electron chi connectivity index (χ3n) is 1.63. The molecule has 0 aliphatic rings. The molecule has 1 aromatic rings. The van der Waals surface area contributed by atoms with Gasteiger partial charge in [0.05, 0.1) is 0 Å². The predicted octanol–water partition coefficient (Wildman–Crippen LogP) is 3.28. The Morgan fingerprint density at radius 3 is 2.85 bits per heavy atom. The Morgan fingerprint density at radius 2 is 2.46 bits per heavy atom. The highest BCUT2D eigenvalue weighted by Crippen LogP contribution is 2.25. The van der Waals surface area contributed by atoms with Crippen molar-refractivity contribution in [1.29, 1.82) is 0 Å². The number of carboxylic acids is 1. The molecule has 4 heteroatoms. The summed E-state index contributed by atoms with van der Waals surface area (Å²) in [6.45, 7) is 1.81. The van der Waals surface area contributed by atoms with E-state index < -0.39 is 5.97 Å². The second-order valence-corrected chi connectivity index (χ2v) is 4.00. The molecule has 0 saturated heterocycles. The van der Waals surface area contributed by atoms with Crippen molar-refractivity contribution in [3.8, 4) is 0 Å². The van der Waals surface area contributed by atoms with Crippen LogP contribution in [0.3, 0.4) is 0 Å². The zero-order valence-electron chi connectivity index (χ0n) is 7.08. The molecule has 13 heavy (non-hydrogen) atoms. The van der Waals surface area contributed by atoms with Crippen LogP contribution in [0.1, 0.15) is 18.9 Å². The van der Waals surface area contributed by atoms with Crippen LogP contribution in [-0.4, -0.2) is 11.1 Å². The van der Waals surface area contributed by atoms with Crippen LogP contribution in [0.15, 0.2) is 17.0 Å². The molecule has 2 nitrogen and oxygen atoms in total. The van der Waals surface area contributed by atoms with Crippen molar-refractivity contribution < 1.29 is 9.90 Å². The van der Waals surface area contributed by atoms with Crippen LogP contribution >= 0.6 is 22.9 Å². The summed E-state index contributed by atoms with van der Waals surface area (Å²) in [4.78, 5) is 10.7. The summed E-state index contributed by atoms with van der Waals surface area (Å²) in [5.41, 5.74) is 1.16. The molecular weight excluding hydrogens is 208 g/mol. The molecule has 0 spiro atoms. The summed E-state index contributed by atoms with van der Waals surface area (Å²) < 4.78 is 0.632. The maximum absolute atomic E-state index is 10.7. The average Bonchev–Trinajstić information content (AvgIpc) is 2.46. The predicted molar refractivity (Wildman–Crippen MR) is 55.2 cm³/mol. The minimum absolute atomic E-state index is 0.375. The molecule has 1 heterocycles. The highest BCUT2D eigenvalue weighted by Gasteiger charge is 2.06. The molecule has 0 amide bonds. The van der Waals surface area contributed by atoms with E-state index in [0.29, 0.717) is 16.3 Å². The highest BCUT2D eigenvalue weighted by molar-refractivity contribution is 7.14. The Labute approximate surface area is 85.5 Å². The van der Waals surface area contributed by atoms with E-state index in [2.05, 4.69) is 0 Å². The maximum atomic E-state index is 10.7. The molecular formula is C9H9ClO2S. The molecule has 1 rings (SSSR count). The molecule has 0 aliphatic heterocycles. The first-order valence-corrected chi connectivity index (χ1v) is 5.07. The minimum Gasteiger partial charge on any atom is -0.478 e. The van der Waals surface area contributed by atoms with Gasteiger partial charge >= 0.3 is 5.97 Å². The van der Waals surface area contributed by atoms with Gasteiger partial charge in [-0.2, -0.15) is 0 Å². The van der Waals surface area contributed by atoms with Gasteiger partial charge in [0.1, 0.15) is 4.34 Å². The number of thiophene rings is 1. The summed E-state index contributed by atoms with van der Waals surface area (Å²) in [5, 5.41) is 10.6. The second-order valence-electron chi connectivity index (χ2n) is 2.48. The lowest BCUT2D eigenvalue weighted by molar-refractivity contribution is -0.132. The van der Waals surface area contributed by atoms with Crippen molar-refractivity contribution in [1.82, 2.24) is 0 Å². The van der Waals surface area contributed by atoms with Crippen LogP contribution in [0.5, 0.6) is 0 Å². The molecule has 0 aromatic carbocycles. The Kier molecular flexibility index (Phi) is 3.51. The zero-order valence-corrected chi connectivity index (χ0v) is 8.65. The summed E-state index contributed by atoms with van der Waals surface area (Å²) in [7, 11) is 0. The second kappa shape index (κ2) is 4.44. The summed E-state index contributed by atoms with van der Waals surface area (Å²) in [6.07, 6.45) is 2.11. The molecule has 0 atom stereocenters. The standard InChI is InChI=1S/C9H9ClO2S/c1-2-6(9(11)12)5-7-3-4-13-8(7)10/h3-5H,2H2,1H3,(H,11,12)/b6-5+. The van der Waals surface area contributed by atoms with Crippen LogP contribution in [0.4, 0.5) is 0 Å². The number of halogens is 1. The fourth-order valence-electron chi connectivity index (χ4n) is 0.908. The van der Waals surface area contributed by atoms with Gasteiger partial charge in [-0.3, -0.25) is 0 Å². The van der Waals surface area contributed by atoms with E-state index in [1.165, 1.54) is 11.3 Å². The van der Waals surface area contributed by atoms with Gasteiger partial charge in [0, 0.05) is 11.1 Å². The number of carboxylic acid groups (broad SMARTS) is 1. The van der Waals surface area contributed by atoms with Crippen LogP contribution in [0, 0.1) is 0 Å². The number of rotatable bonds is 3. The van der Waals surface area contributed by atoms with Crippen LogP contribution < -0.4 is 0 Å². The van der Waals surface area contributed by atoms with Crippen molar-refractivity contribution in [3.05, 3.63) is 26.9 Å². The summed E-state index contributed by atoms with van der Waals surface area (Å²) in [6, 6.07) is 1.81. The van der Waals surface area contributed by atoms with E-state index in [0.717, 1.165) is 5.56 Å². The van der Waals surface area contributed by atoms with Crippen molar-refractivity contribution in [3.63, 3.8) is 0 Å². The Balaban J connectivity index is 2.98. The smallest absolute Gasteiger partial charge is 0.331 e.